The highest BCUT2D eigenvalue weighted by Crippen LogP contribution is 2.16. The zero-order valence-electron chi connectivity index (χ0n) is 11.5. The molecular formula is C15H17N3O. The summed E-state index contributed by atoms with van der Waals surface area (Å²) in [6.45, 7) is 1.91. The number of nitriles is 1. The van der Waals surface area contributed by atoms with Gasteiger partial charge in [0.15, 0.2) is 5.69 Å². The van der Waals surface area contributed by atoms with E-state index in [4.69, 9.17) is 10.00 Å². The summed E-state index contributed by atoms with van der Waals surface area (Å²) in [6, 6.07) is 10.2. The predicted molar refractivity (Wildman–Crippen MR) is 73.1 cm³/mol. The summed E-state index contributed by atoms with van der Waals surface area (Å²) >= 11 is 0. The summed E-state index contributed by atoms with van der Waals surface area (Å²) in [7, 11) is 3.61. The van der Waals surface area contributed by atoms with E-state index in [-0.39, 0.29) is 0 Å². The van der Waals surface area contributed by atoms with Gasteiger partial charge in [-0.3, -0.25) is 0 Å². The molecule has 1 aromatic heterocycles. The average molecular weight is 255 g/mol. The van der Waals surface area contributed by atoms with Gasteiger partial charge in [-0.2, -0.15) is 5.26 Å². The minimum atomic E-state index is 0.530. The summed E-state index contributed by atoms with van der Waals surface area (Å²) in [6.07, 6.45) is 1.66. The van der Waals surface area contributed by atoms with Gasteiger partial charge in [0.1, 0.15) is 17.6 Å². The van der Waals surface area contributed by atoms with Gasteiger partial charge in [0, 0.05) is 7.05 Å². The van der Waals surface area contributed by atoms with Crippen molar-refractivity contribution in [2.45, 2.75) is 19.8 Å². The Morgan fingerprint density at radius 1 is 1.37 bits per heavy atom. The number of nitrogens with zero attached hydrogens (tertiary/aromatic N) is 3. The molecule has 1 heterocycles. The molecule has 0 amide bonds. The molecule has 0 N–H and O–H groups in total. The van der Waals surface area contributed by atoms with Crippen LogP contribution in [-0.4, -0.2) is 16.7 Å². The lowest BCUT2D eigenvalue weighted by molar-refractivity contribution is 0.414. The van der Waals surface area contributed by atoms with E-state index in [2.05, 4.69) is 17.1 Å². The lowest BCUT2D eigenvalue weighted by Gasteiger charge is -2.06. The number of benzene rings is 1. The van der Waals surface area contributed by atoms with Crippen molar-refractivity contribution in [3.63, 3.8) is 0 Å². The molecule has 4 nitrogen and oxygen atoms in total. The number of imidazole rings is 1. The summed E-state index contributed by atoms with van der Waals surface area (Å²) in [5.41, 5.74) is 2.72. The van der Waals surface area contributed by atoms with Crippen LogP contribution < -0.4 is 4.74 Å². The van der Waals surface area contributed by atoms with Gasteiger partial charge in [-0.1, -0.05) is 12.1 Å². The molecule has 2 rings (SSSR count). The monoisotopic (exact) mass is 255 g/mol. The average Bonchev–Trinajstić information content (AvgIpc) is 2.72. The molecule has 0 radical (unpaired) electrons. The molecule has 0 aliphatic rings. The number of ether oxygens (including phenoxy) is 1. The largest absolute Gasteiger partial charge is 0.497 e. The van der Waals surface area contributed by atoms with Gasteiger partial charge < -0.3 is 9.30 Å². The fourth-order valence-electron chi connectivity index (χ4n) is 2.12. The van der Waals surface area contributed by atoms with Crippen LogP contribution in [0.5, 0.6) is 5.75 Å². The normalized spacial score (nSPS) is 10.2. The first-order valence-corrected chi connectivity index (χ1v) is 6.21. The van der Waals surface area contributed by atoms with Crippen LogP contribution in [0.15, 0.2) is 24.3 Å². The maximum absolute atomic E-state index is 9.09. The molecule has 4 heteroatoms. The quantitative estimate of drug-likeness (QED) is 0.843. The maximum atomic E-state index is 9.09. The zero-order chi connectivity index (χ0) is 13.8. The smallest absolute Gasteiger partial charge is 0.161 e. The van der Waals surface area contributed by atoms with E-state index >= 15 is 0 Å². The van der Waals surface area contributed by atoms with E-state index in [1.807, 2.05) is 36.7 Å². The summed E-state index contributed by atoms with van der Waals surface area (Å²) in [5, 5.41) is 9.09. The number of hydrogen-bond donors (Lipinski definition) is 0. The Hall–Kier alpha value is -2.28. The van der Waals surface area contributed by atoms with Crippen LogP contribution in [0.1, 0.15) is 22.8 Å². The third-order valence-corrected chi connectivity index (χ3v) is 3.33. The van der Waals surface area contributed by atoms with E-state index in [0.29, 0.717) is 5.69 Å². The van der Waals surface area contributed by atoms with Crippen molar-refractivity contribution < 1.29 is 4.74 Å². The number of methoxy groups -OCH3 is 1. The molecule has 0 aliphatic carbocycles. The van der Waals surface area contributed by atoms with Gasteiger partial charge in [-0.25, -0.2) is 4.98 Å². The highest BCUT2D eigenvalue weighted by atomic mass is 16.5. The molecule has 0 spiro atoms. The number of rotatable bonds is 4. The Morgan fingerprint density at radius 2 is 2.16 bits per heavy atom. The highest BCUT2D eigenvalue weighted by Gasteiger charge is 2.11. The standard InChI is InChI=1S/C15H17N3O/c1-11-17-14(10-16)15(18(11)2)8-7-12-5-4-6-13(9-12)19-3/h4-6,9H,7-8H2,1-3H3. The lowest BCUT2D eigenvalue weighted by Crippen LogP contribution is -2.02. The Bertz CT molecular complexity index is 623. The molecule has 1 aromatic carbocycles. The summed E-state index contributed by atoms with van der Waals surface area (Å²) in [4.78, 5) is 4.25. The van der Waals surface area contributed by atoms with E-state index < -0.39 is 0 Å². The van der Waals surface area contributed by atoms with E-state index in [1.165, 1.54) is 5.56 Å². The van der Waals surface area contributed by atoms with E-state index in [1.54, 1.807) is 7.11 Å². The van der Waals surface area contributed by atoms with Crippen molar-refractivity contribution >= 4 is 0 Å². The summed E-state index contributed by atoms with van der Waals surface area (Å²) in [5.74, 6) is 1.73. The fourth-order valence-corrected chi connectivity index (χ4v) is 2.12. The fraction of sp³-hybridized carbons (Fsp3) is 0.333. The van der Waals surface area contributed by atoms with Gasteiger partial charge in [0.25, 0.3) is 0 Å². The van der Waals surface area contributed by atoms with Crippen LogP contribution in [0.3, 0.4) is 0 Å². The van der Waals surface area contributed by atoms with Crippen LogP contribution >= 0.6 is 0 Å². The molecule has 0 unspecified atom stereocenters. The SMILES string of the molecule is COc1cccc(CCc2c(C#N)nc(C)n2C)c1. The van der Waals surface area contributed by atoms with Crippen LogP contribution in [0, 0.1) is 18.3 Å². The van der Waals surface area contributed by atoms with Gasteiger partial charge in [0.05, 0.1) is 12.8 Å². The first-order valence-electron chi connectivity index (χ1n) is 6.21. The van der Waals surface area contributed by atoms with Crippen molar-refractivity contribution in [2.75, 3.05) is 7.11 Å². The number of aryl methyl sites for hydroxylation is 2. The third-order valence-electron chi connectivity index (χ3n) is 3.33. The minimum absolute atomic E-state index is 0.530. The van der Waals surface area contributed by atoms with Crippen molar-refractivity contribution in [1.29, 1.82) is 5.26 Å². The summed E-state index contributed by atoms with van der Waals surface area (Å²) < 4.78 is 7.19. The second-order valence-electron chi connectivity index (χ2n) is 4.48. The van der Waals surface area contributed by atoms with Crippen LogP contribution in [0.4, 0.5) is 0 Å². The molecule has 0 atom stereocenters. The molecule has 0 saturated carbocycles. The van der Waals surface area contributed by atoms with Crippen molar-refractivity contribution in [2.24, 2.45) is 7.05 Å². The number of hydrogen-bond acceptors (Lipinski definition) is 3. The van der Waals surface area contributed by atoms with Crippen LogP contribution in [-0.2, 0) is 19.9 Å². The molecule has 19 heavy (non-hydrogen) atoms. The van der Waals surface area contributed by atoms with Gasteiger partial charge in [-0.15, -0.1) is 0 Å². The minimum Gasteiger partial charge on any atom is -0.497 e. The van der Waals surface area contributed by atoms with Gasteiger partial charge in [-0.05, 0) is 37.5 Å². The Balaban J connectivity index is 2.16. The van der Waals surface area contributed by atoms with Crippen molar-refractivity contribution in [1.82, 2.24) is 9.55 Å². The Morgan fingerprint density at radius 3 is 2.84 bits per heavy atom. The predicted octanol–water partition coefficient (Wildman–Crippen LogP) is 2.39. The molecular weight excluding hydrogens is 238 g/mol. The molecule has 0 bridgehead atoms. The molecule has 0 aliphatic heterocycles. The van der Waals surface area contributed by atoms with Crippen LogP contribution in [0.2, 0.25) is 0 Å². The van der Waals surface area contributed by atoms with Crippen LogP contribution in [0.25, 0.3) is 0 Å². The van der Waals surface area contributed by atoms with E-state index in [9.17, 15) is 0 Å². The van der Waals surface area contributed by atoms with Crippen molar-refractivity contribution in [3.8, 4) is 11.8 Å². The third kappa shape index (κ3) is 2.76. The second kappa shape index (κ2) is 5.57. The topological polar surface area (TPSA) is 50.8 Å². The molecule has 2 aromatic rings. The van der Waals surface area contributed by atoms with Crippen molar-refractivity contribution in [3.05, 3.63) is 47.0 Å². The first-order chi connectivity index (χ1) is 9.15. The van der Waals surface area contributed by atoms with Gasteiger partial charge in [0.2, 0.25) is 0 Å². The number of aromatic nitrogens is 2. The van der Waals surface area contributed by atoms with Gasteiger partial charge >= 0.3 is 0 Å². The second-order valence-corrected chi connectivity index (χ2v) is 4.48. The Labute approximate surface area is 113 Å². The molecule has 98 valence electrons. The molecule has 0 fully saturated rings. The lowest BCUT2D eigenvalue weighted by atomic mass is 10.1. The highest BCUT2D eigenvalue weighted by molar-refractivity contribution is 5.32. The zero-order valence-corrected chi connectivity index (χ0v) is 11.5. The first kappa shape index (κ1) is 13.2. The maximum Gasteiger partial charge on any atom is 0.161 e. The Kier molecular flexibility index (Phi) is 3.86. The molecule has 0 saturated heterocycles. The van der Waals surface area contributed by atoms with E-state index in [0.717, 1.165) is 30.1 Å².